The van der Waals surface area contributed by atoms with Gasteiger partial charge in [0.05, 0.1) is 5.69 Å². The number of fused-ring (bicyclic) bond motifs is 4. The highest BCUT2D eigenvalue weighted by Crippen LogP contribution is 2.34. The van der Waals surface area contributed by atoms with Crippen molar-refractivity contribution in [1.82, 2.24) is 4.98 Å². The van der Waals surface area contributed by atoms with Crippen LogP contribution in [0.15, 0.2) is 54.6 Å². The van der Waals surface area contributed by atoms with Crippen LogP contribution in [0.5, 0.6) is 0 Å². The summed E-state index contributed by atoms with van der Waals surface area (Å²) in [5, 5.41) is 3.06. The minimum absolute atomic E-state index is 0.0542. The number of hydrogen-bond donors (Lipinski definition) is 1. The van der Waals surface area contributed by atoms with Crippen LogP contribution in [0, 0.1) is 11.6 Å². The second-order valence-corrected chi connectivity index (χ2v) is 6.49. The largest absolute Gasteiger partial charge is 0.350 e. The Labute approximate surface area is 147 Å². The third-order valence-corrected chi connectivity index (χ3v) is 5.04. The quantitative estimate of drug-likeness (QED) is 0.527. The minimum atomic E-state index is -0.575. The Balaban J connectivity index is 1.63. The summed E-state index contributed by atoms with van der Waals surface area (Å²) in [7, 11) is 0. The molecule has 1 aliphatic rings. The van der Waals surface area contributed by atoms with Gasteiger partial charge in [-0.25, -0.2) is 8.78 Å². The van der Waals surface area contributed by atoms with E-state index in [-0.39, 0.29) is 23.7 Å². The van der Waals surface area contributed by atoms with E-state index in [1.807, 2.05) is 36.4 Å². The fourth-order valence-electron chi connectivity index (χ4n) is 3.80. The van der Waals surface area contributed by atoms with Crippen LogP contribution in [0.3, 0.4) is 0 Å². The molecule has 1 N–H and O–H groups in total. The molecule has 4 aromatic rings. The maximum absolute atomic E-state index is 14.2. The topological polar surface area (TPSA) is 36.1 Å². The summed E-state index contributed by atoms with van der Waals surface area (Å²) in [6, 6.07) is 15.8. The van der Waals surface area contributed by atoms with Crippen LogP contribution in [0.2, 0.25) is 0 Å². The fourth-order valence-corrected chi connectivity index (χ4v) is 3.80. The van der Waals surface area contributed by atoms with Gasteiger partial charge in [0.1, 0.15) is 17.3 Å². The maximum atomic E-state index is 14.2. The van der Waals surface area contributed by atoms with Crippen molar-refractivity contribution < 1.29 is 13.6 Å². The second kappa shape index (κ2) is 5.39. The number of hydrogen-bond acceptors (Lipinski definition) is 1. The summed E-state index contributed by atoms with van der Waals surface area (Å²) in [6.07, 6.45) is 0.313. The first-order valence-electron chi connectivity index (χ1n) is 8.43. The van der Waals surface area contributed by atoms with E-state index in [4.69, 9.17) is 0 Å². The van der Waals surface area contributed by atoms with Crippen LogP contribution >= 0.6 is 0 Å². The number of aromatic nitrogens is 1. The lowest BCUT2D eigenvalue weighted by atomic mass is 10.1. The van der Waals surface area contributed by atoms with Crippen molar-refractivity contribution in [2.75, 3.05) is 11.4 Å². The molecular weight excluding hydrogens is 334 g/mol. The highest BCUT2D eigenvalue weighted by Gasteiger charge is 2.31. The van der Waals surface area contributed by atoms with Crippen molar-refractivity contribution in [2.24, 2.45) is 0 Å². The Kier molecular flexibility index (Phi) is 3.13. The van der Waals surface area contributed by atoms with Crippen molar-refractivity contribution >= 4 is 33.3 Å². The van der Waals surface area contributed by atoms with Crippen molar-refractivity contribution in [1.29, 1.82) is 0 Å². The molecule has 0 spiro atoms. The monoisotopic (exact) mass is 348 g/mol. The molecule has 0 radical (unpaired) electrons. The molecule has 0 atom stereocenters. The molecule has 0 saturated carbocycles. The Morgan fingerprint density at radius 2 is 1.77 bits per heavy atom. The van der Waals surface area contributed by atoms with Gasteiger partial charge in [-0.1, -0.05) is 30.3 Å². The van der Waals surface area contributed by atoms with Crippen LogP contribution in [0.4, 0.5) is 14.5 Å². The average Bonchev–Trinajstić information content (AvgIpc) is 3.29. The summed E-state index contributed by atoms with van der Waals surface area (Å²) < 4.78 is 28.2. The van der Waals surface area contributed by atoms with E-state index >= 15 is 0 Å². The smallest absolute Gasteiger partial charge is 0.274 e. The maximum Gasteiger partial charge on any atom is 0.274 e. The van der Waals surface area contributed by atoms with Gasteiger partial charge in [-0.05, 0) is 41.5 Å². The predicted octanol–water partition coefficient (Wildman–Crippen LogP) is 4.80. The van der Waals surface area contributed by atoms with Crippen LogP contribution in [-0.4, -0.2) is 17.4 Å². The Morgan fingerprint density at radius 1 is 0.962 bits per heavy atom. The number of nitrogens with zero attached hydrogens (tertiary/aromatic N) is 1. The van der Waals surface area contributed by atoms with E-state index in [1.54, 1.807) is 6.07 Å². The van der Waals surface area contributed by atoms with Crippen molar-refractivity contribution in [2.45, 2.75) is 6.42 Å². The molecule has 0 bridgehead atoms. The molecular formula is C21H14F2N2O. The van der Waals surface area contributed by atoms with Gasteiger partial charge in [-0.2, -0.15) is 0 Å². The van der Waals surface area contributed by atoms with Gasteiger partial charge in [-0.3, -0.25) is 4.79 Å². The van der Waals surface area contributed by atoms with Crippen LogP contribution in [-0.2, 0) is 6.42 Å². The lowest BCUT2D eigenvalue weighted by molar-refractivity contribution is 0.0984. The molecule has 1 aliphatic heterocycles. The average molecular weight is 348 g/mol. The lowest BCUT2D eigenvalue weighted by Crippen LogP contribution is -2.29. The van der Waals surface area contributed by atoms with Crippen LogP contribution in [0.25, 0.3) is 21.7 Å². The zero-order valence-corrected chi connectivity index (χ0v) is 13.7. The SMILES string of the molecule is O=C(c1cc2c(ccc3ccccc32)[nH]1)N1CCc2c(F)ccc(F)c21. The molecule has 2 heterocycles. The van der Waals surface area contributed by atoms with Crippen molar-refractivity contribution in [3.63, 3.8) is 0 Å². The van der Waals surface area contributed by atoms with E-state index in [2.05, 4.69) is 4.98 Å². The molecule has 1 amide bonds. The van der Waals surface area contributed by atoms with E-state index < -0.39 is 11.6 Å². The third kappa shape index (κ3) is 2.07. The van der Waals surface area contributed by atoms with Gasteiger partial charge in [-0.15, -0.1) is 0 Å². The van der Waals surface area contributed by atoms with Crippen LogP contribution in [0.1, 0.15) is 16.1 Å². The number of anilines is 1. The first kappa shape index (κ1) is 15.1. The fraction of sp³-hybridized carbons (Fsp3) is 0.0952. The molecule has 0 saturated heterocycles. The van der Waals surface area contributed by atoms with Gasteiger partial charge in [0.15, 0.2) is 0 Å². The number of aromatic amines is 1. The normalized spacial score (nSPS) is 13.5. The van der Waals surface area contributed by atoms with Gasteiger partial charge >= 0.3 is 0 Å². The van der Waals surface area contributed by atoms with E-state index in [9.17, 15) is 13.6 Å². The van der Waals surface area contributed by atoms with Crippen molar-refractivity contribution in [3.05, 3.63) is 77.5 Å². The van der Waals surface area contributed by atoms with Gasteiger partial charge < -0.3 is 9.88 Å². The molecule has 3 nitrogen and oxygen atoms in total. The zero-order chi connectivity index (χ0) is 17.8. The van der Waals surface area contributed by atoms with Gasteiger partial charge in [0, 0.05) is 23.0 Å². The first-order chi connectivity index (χ1) is 12.6. The number of carbonyl (C=O) groups is 1. The Morgan fingerprint density at radius 3 is 2.65 bits per heavy atom. The number of halogens is 2. The standard InChI is InChI=1S/C21H14F2N2O/c22-16-6-7-17(23)20-14(16)9-10-25(20)21(26)19-11-15-13-4-2-1-3-12(13)5-8-18(15)24-19/h1-8,11,24H,9-10H2. The van der Waals surface area contributed by atoms with E-state index in [0.717, 1.165) is 33.8 Å². The van der Waals surface area contributed by atoms with Gasteiger partial charge in [0.25, 0.3) is 5.91 Å². The predicted molar refractivity (Wildman–Crippen MR) is 97.5 cm³/mol. The number of H-pyrrole nitrogens is 1. The van der Waals surface area contributed by atoms with Gasteiger partial charge in [0.2, 0.25) is 0 Å². The summed E-state index contributed by atoms with van der Waals surface area (Å²) in [5.74, 6) is -1.40. The second-order valence-electron chi connectivity index (χ2n) is 6.49. The zero-order valence-electron chi connectivity index (χ0n) is 13.7. The lowest BCUT2D eigenvalue weighted by Gasteiger charge is -2.17. The molecule has 0 unspecified atom stereocenters. The molecule has 26 heavy (non-hydrogen) atoms. The number of rotatable bonds is 1. The highest BCUT2D eigenvalue weighted by molar-refractivity contribution is 6.13. The summed E-state index contributed by atoms with van der Waals surface area (Å²) in [5.41, 5.74) is 1.53. The van der Waals surface area contributed by atoms with E-state index in [0.29, 0.717) is 12.1 Å². The first-order valence-corrected chi connectivity index (χ1v) is 8.43. The molecule has 1 aromatic heterocycles. The molecule has 0 aliphatic carbocycles. The summed E-state index contributed by atoms with van der Waals surface area (Å²) in [6.45, 7) is 0.266. The molecule has 128 valence electrons. The van der Waals surface area contributed by atoms with Crippen molar-refractivity contribution in [3.8, 4) is 0 Å². The summed E-state index contributed by atoms with van der Waals surface area (Å²) in [4.78, 5) is 17.4. The number of benzene rings is 3. The highest BCUT2D eigenvalue weighted by atomic mass is 19.1. The van der Waals surface area contributed by atoms with E-state index in [1.165, 1.54) is 4.90 Å². The number of carbonyl (C=O) groups excluding carboxylic acids is 1. The number of amides is 1. The Hall–Kier alpha value is -3.21. The molecule has 5 rings (SSSR count). The Bertz CT molecular complexity index is 1200. The van der Waals surface area contributed by atoms with Crippen LogP contribution < -0.4 is 4.90 Å². The summed E-state index contributed by atoms with van der Waals surface area (Å²) >= 11 is 0. The number of nitrogens with one attached hydrogen (secondary N) is 1. The third-order valence-electron chi connectivity index (χ3n) is 5.04. The molecule has 5 heteroatoms. The minimum Gasteiger partial charge on any atom is -0.350 e. The molecule has 3 aromatic carbocycles. The molecule has 0 fully saturated rings.